The second-order valence-corrected chi connectivity index (χ2v) is 4.39. The van der Waals surface area contributed by atoms with Crippen LogP contribution in [0.2, 0.25) is 5.02 Å². The van der Waals surface area contributed by atoms with Gasteiger partial charge in [-0.05, 0) is 30.3 Å². The van der Waals surface area contributed by atoms with Crippen molar-refractivity contribution < 1.29 is 13.9 Å². The molecule has 0 bridgehead atoms. The highest BCUT2D eigenvalue weighted by molar-refractivity contribution is 6.34. The van der Waals surface area contributed by atoms with Crippen molar-refractivity contribution >= 4 is 28.9 Å². The first kappa shape index (κ1) is 14.1. The van der Waals surface area contributed by atoms with Crippen LogP contribution in [0.3, 0.4) is 0 Å². The molecule has 0 radical (unpaired) electrons. The van der Waals surface area contributed by atoms with E-state index in [1.165, 1.54) is 25.3 Å². The lowest BCUT2D eigenvalue weighted by molar-refractivity contribution is 0.102. The number of carbonyl (C=O) groups excluding carboxylic acids is 1. The Morgan fingerprint density at radius 3 is 2.75 bits per heavy atom. The molecule has 2 aromatic rings. The van der Waals surface area contributed by atoms with Gasteiger partial charge in [-0.1, -0.05) is 17.7 Å². The Bertz CT molecular complexity index is 662. The number of ether oxygens (including phenoxy) is 1. The highest BCUT2D eigenvalue weighted by atomic mass is 35.5. The summed E-state index contributed by atoms with van der Waals surface area (Å²) >= 11 is 5.75. The van der Waals surface area contributed by atoms with Gasteiger partial charge in [-0.2, -0.15) is 0 Å². The van der Waals surface area contributed by atoms with E-state index in [4.69, 9.17) is 22.1 Å². The third-order valence-electron chi connectivity index (χ3n) is 2.68. The van der Waals surface area contributed by atoms with Gasteiger partial charge in [0.1, 0.15) is 11.6 Å². The van der Waals surface area contributed by atoms with Crippen LogP contribution in [-0.2, 0) is 0 Å². The number of carbonyl (C=O) groups is 1. The van der Waals surface area contributed by atoms with Crippen molar-refractivity contribution in [1.82, 2.24) is 0 Å². The minimum absolute atomic E-state index is 0.0565. The molecule has 4 nitrogen and oxygen atoms in total. The van der Waals surface area contributed by atoms with Crippen molar-refractivity contribution in [2.24, 2.45) is 0 Å². The normalized spacial score (nSPS) is 10.2. The van der Waals surface area contributed by atoms with Gasteiger partial charge in [0.05, 0.1) is 23.4 Å². The molecule has 2 aromatic carbocycles. The standard InChI is InChI=1S/C14H12ClFN2O2/c1-20-12-6-5-8(7-11(12)17)18-14(19)9-3-2-4-10(16)13(9)15/h2-7H,17H2,1H3,(H,18,19). The maximum Gasteiger partial charge on any atom is 0.257 e. The molecule has 0 atom stereocenters. The number of halogens is 2. The predicted octanol–water partition coefficient (Wildman–Crippen LogP) is 3.32. The highest BCUT2D eigenvalue weighted by Gasteiger charge is 2.14. The minimum atomic E-state index is -0.645. The molecule has 104 valence electrons. The van der Waals surface area contributed by atoms with E-state index in [9.17, 15) is 9.18 Å². The molecule has 2 rings (SSSR count). The summed E-state index contributed by atoms with van der Waals surface area (Å²) in [7, 11) is 1.50. The second kappa shape index (κ2) is 5.79. The Morgan fingerprint density at radius 1 is 1.35 bits per heavy atom. The summed E-state index contributed by atoms with van der Waals surface area (Å²) in [4.78, 5) is 12.0. The first-order valence-electron chi connectivity index (χ1n) is 5.72. The SMILES string of the molecule is COc1ccc(NC(=O)c2cccc(F)c2Cl)cc1N. The number of nitrogen functional groups attached to an aromatic ring is 1. The molecule has 0 saturated heterocycles. The third kappa shape index (κ3) is 2.83. The summed E-state index contributed by atoms with van der Waals surface area (Å²) in [5, 5.41) is 2.38. The molecule has 0 aliphatic heterocycles. The Morgan fingerprint density at radius 2 is 2.10 bits per heavy atom. The van der Waals surface area contributed by atoms with Crippen LogP contribution in [-0.4, -0.2) is 13.0 Å². The van der Waals surface area contributed by atoms with Gasteiger partial charge >= 0.3 is 0 Å². The molecular weight excluding hydrogens is 283 g/mol. The first-order chi connectivity index (χ1) is 9.52. The Labute approximate surface area is 120 Å². The summed E-state index contributed by atoms with van der Waals surface area (Å²) < 4.78 is 18.3. The van der Waals surface area contributed by atoms with Crippen LogP contribution in [0, 0.1) is 5.82 Å². The fourth-order valence-corrected chi connectivity index (χ4v) is 1.90. The monoisotopic (exact) mass is 294 g/mol. The Balaban J connectivity index is 2.24. The molecule has 0 fully saturated rings. The predicted molar refractivity (Wildman–Crippen MR) is 76.8 cm³/mol. The number of rotatable bonds is 3. The number of hydrogen-bond acceptors (Lipinski definition) is 3. The molecule has 0 aliphatic rings. The lowest BCUT2D eigenvalue weighted by atomic mass is 10.2. The number of methoxy groups -OCH3 is 1. The summed E-state index contributed by atoms with van der Waals surface area (Å²) in [5.74, 6) is -0.653. The first-order valence-corrected chi connectivity index (χ1v) is 6.09. The zero-order chi connectivity index (χ0) is 14.7. The maximum absolute atomic E-state index is 13.3. The van der Waals surface area contributed by atoms with Gasteiger partial charge in [0.25, 0.3) is 5.91 Å². The fraction of sp³-hybridized carbons (Fsp3) is 0.0714. The molecular formula is C14H12ClFN2O2. The maximum atomic E-state index is 13.3. The van der Waals surface area contributed by atoms with Gasteiger partial charge in [-0.3, -0.25) is 4.79 Å². The van der Waals surface area contributed by atoms with Crippen molar-refractivity contribution in [3.63, 3.8) is 0 Å². The van der Waals surface area contributed by atoms with Gasteiger partial charge in [0.15, 0.2) is 0 Å². The Hall–Kier alpha value is -2.27. The van der Waals surface area contributed by atoms with Gasteiger partial charge in [0.2, 0.25) is 0 Å². The van der Waals surface area contributed by atoms with Crippen LogP contribution in [0.25, 0.3) is 0 Å². The molecule has 0 heterocycles. The molecule has 6 heteroatoms. The highest BCUT2D eigenvalue weighted by Crippen LogP contribution is 2.26. The molecule has 0 spiro atoms. The molecule has 20 heavy (non-hydrogen) atoms. The lowest BCUT2D eigenvalue weighted by Gasteiger charge is -2.09. The average Bonchev–Trinajstić information content (AvgIpc) is 2.42. The minimum Gasteiger partial charge on any atom is -0.495 e. The van der Waals surface area contributed by atoms with Crippen LogP contribution < -0.4 is 15.8 Å². The van der Waals surface area contributed by atoms with Crippen LogP contribution in [0.4, 0.5) is 15.8 Å². The molecule has 0 saturated carbocycles. The van der Waals surface area contributed by atoms with Gasteiger partial charge < -0.3 is 15.8 Å². The van der Waals surface area contributed by atoms with Crippen molar-refractivity contribution in [2.75, 3.05) is 18.2 Å². The van der Waals surface area contributed by atoms with E-state index in [2.05, 4.69) is 5.32 Å². The van der Waals surface area contributed by atoms with Crippen molar-refractivity contribution in [3.8, 4) is 5.75 Å². The molecule has 0 unspecified atom stereocenters. The number of nitrogens with one attached hydrogen (secondary N) is 1. The lowest BCUT2D eigenvalue weighted by Crippen LogP contribution is -2.13. The number of benzene rings is 2. The molecule has 3 N–H and O–H groups in total. The number of amides is 1. The van der Waals surface area contributed by atoms with E-state index in [0.717, 1.165) is 0 Å². The van der Waals surface area contributed by atoms with E-state index in [0.29, 0.717) is 17.1 Å². The topological polar surface area (TPSA) is 64.3 Å². The van der Waals surface area contributed by atoms with Gasteiger partial charge in [-0.25, -0.2) is 4.39 Å². The second-order valence-electron chi connectivity index (χ2n) is 4.01. The van der Waals surface area contributed by atoms with Crippen LogP contribution in [0.1, 0.15) is 10.4 Å². The van der Waals surface area contributed by atoms with E-state index in [1.807, 2.05) is 0 Å². The van der Waals surface area contributed by atoms with Crippen LogP contribution in [0.15, 0.2) is 36.4 Å². The van der Waals surface area contributed by atoms with Crippen LogP contribution in [0.5, 0.6) is 5.75 Å². The quantitative estimate of drug-likeness (QED) is 0.854. The largest absolute Gasteiger partial charge is 0.495 e. The van der Waals surface area contributed by atoms with Crippen molar-refractivity contribution in [1.29, 1.82) is 0 Å². The number of nitrogens with two attached hydrogens (primary N) is 1. The van der Waals surface area contributed by atoms with E-state index >= 15 is 0 Å². The van der Waals surface area contributed by atoms with Gasteiger partial charge in [-0.15, -0.1) is 0 Å². The third-order valence-corrected chi connectivity index (χ3v) is 3.07. The van der Waals surface area contributed by atoms with Crippen LogP contribution >= 0.6 is 11.6 Å². The van der Waals surface area contributed by atoms with Crippen molar-refractivity contribution in [2.45, 2.75) is 0 Å². The summed E-state index contributed by atoms with van der Waals surface area (Å²) in [6, 6.07) is 8.83. The molecule has 0 aliphatic carbocycles. The van der Waals surface area contributed by atoms with Gasteiger partial charge in [0, 0.05) is 5.69 Å². The Kier molecular flexibility index (Phi) is 4.10. The van der Waals surface area contributed by atoms with Crippen molar-refractivity contribution in [3.05, 3.63) is 52.8 Å². The van der Waals surface area contributed by atoms with E-state index in [1.54, 1.807) is 18.2 Å². The number of hydrogen-bond donors (Lipinski definition) is 2. The smallest absolute Gasteiger partial charge is 0.257 e. The number of anilines is 2. The summed E-state index contributed by atoms with van der Waals surface area (Å²) in [6.07, 6.45) is 0. The molecule has 0 aromatic heterocycles. The zero-order valence-electron chi connectivity index (χ0n) is 10.6. The fourth-order valence-electron chi connectivity index (χ4n) is 1.69. The van der Waals surface area contributed by atoms with E-state index in [-0.39, 0.29) is 10.6 Å². The van der Waals surface area contributed by atoms with E-state index < -0.39 is 11.7 Å². The summed E-state index contributed by atoms with van der Waals surface area (Å²) in [6.45, 7) is 0. The summed E-state index contributed by atoms with van der Waals surface area (Å²) in [5.41, 5.74) is 6.65. The average molecular weight is 295 g/mol. The zero-order valence-corrected chi connectivity index (χ0v) is 11.4. The molecule has 1 amide bonds.